The second-order valence-corrected chi connectivity index (χ2v) is 3.62. The molecule has 1 amide bonds. The summed E-state index contributed by atoms with van der Waals surface area (Å²) in [5.41, 5.74) is 5.41. The number of amides is 1. The first kappa shape index (κ1) is 10.5. The first-order chi connectivity index (χ1) is 6.20. The van der Waals surface area contributed by atoms with Crippen LogP contribution < -0.4 is 11.1 Å². The quantitative estimate of drug-likeness (QED) is 0.645. The van der Waals surface area contributed by atoms with E-state index in [-0.39, 0.29) is 5.91 Å². The molecule has 0 saturated carbocycles. The molecule has 1 aliphatic rings. The Kier molecular flexibility index (Phi) is 4.18. The van der Waals surface area contributed by atoms with Crippen molar-refractivity contribution >= 4 is 5.91 Å². The van der Waals surface area contributed by atoms with Crippen molar-refractivity contribution in [2.75, 3.05) is 19.8 Å². The van der Waals surface area contributed by atoms with Gasteiger partial charge in [0.2, 0.25) is 5.91 Å². The molecule has 0 bridgehead atoms. The van der Waals surface area contributed by atoms with Gasteiger partial charge in [-0.2, -0.15) is 0 Å². The fraction of sp³-hybridized carbons (Fsp3) is 0.889. The Bertz CT molecular complexity index is 165. The molecule has 4 nitrogen and oxygen atoms in total. The van der Waals surface area contributed by atoms with E-state index >= 15 is 0 Å². The lowest BCUT2D eigenvalue weighted by Crippen LogP contribution is -2.41. The van der Waals surface area contributed by atoms with Crippen LogP contribution in [0, 0.1) is 5.92 Å². The molecule has 1 saturated heterocycles. The Morgan fingerprint density at radius 2 is 2.54 bits per heavy atom. The van der Waals surface area contributed by atoms with Crippen molar-refractivity contribution in [1.29, 1.82) is 0 Å². The minimum Gasteiger partial charge on any atom is -0.381 e. The lowest BCUT2D eigenvalue weighted by molar-refractivity contribution is -0.122. The number of hydrogen-bond donors (Lipinski definition) is 2. The molecule has 1 unspecified atom stereocenters. The maximum atomic E-state index is 11.1. The predicted molar refractivity (Wildman–Crippen MR) is 50.2 cm³/mol. The molecular formula is C9H18N2O2. The summed E-state index contributed by atoms with van der Waals surface area (Å²) in [6.07, 6.45) is 2.23. The van der Waals surface area contributed by atoms with Crippen LogP contribution in [0.5, 0.6) is 0 Å². The summed E-state index contributed by atoms with van der Waals surface area (Å²) in [6, 6.07) is -0.412. The highest BCUT2D eigenvalue weighted by atomic mass is 16.5. The Balaban J connectivity index is 2.13. The van der Waals surface area contributed by atoms with Gasteiger partial charge in [-0.3, -0.25) is 4.79 Å². The van der Waals surface area contributed by atoms with Gasteiger partial charge in [0.05, 0.1) is 12.6 Å². The van der Waals surface area contributed by atoms with Crippen LogP contribution in [0.2, 0.25) is 0 Å². The molecule has 0 spiro atoms. The zero-order valence-electron chi connectivity index (χ0n) is 8.08. The van der Waals surface area contributed by atoms with Gasteiger partial charge >= 0.3 is 0 Å². The second-order valence-electron chi connectivity index (χ2n) is 3.62. The minimum absolute atomic E-state index is 0.0782. The van der Waals surface area contributed by atoms with Crippen LogP contribution in [-0.2, 0) is 9.53 Å². The molecule has 0 aliphatic carbocycles. The first-order valence-corrected chi connectivity index (χ1v) is 4.81. The van der Waals surface area contributed by atoms with Crippen LogP contribution in [0.15, 0.2) is 0 Å². The highest BCUT2D eigenvalue weighted by Gasteiger charge is 2.15. The number of nitrogens with two attached hydrogens (primary N) is 1. The standard InChI is InChI=1S/C9H18N2O2/c1-7(10)9(12)11-5-8-3-2-4-13-6-8/h7-8H,2-6,10H2,1H3,(H,11,12)/t7-,8?/m0/s1. The Labute approximate surface area is 78.8 Å². The smallest absolute Gasteiger partial charge is 0.236 e. The van der Waals surface area contributed by atoms with E-state index in [9.17, 15) is 4.79 Å². The molecule has 1 aliphatic heterocycles. The number of nitrogens with one attached hydrogen (secondary N) is 1. The van der Waals surface area contributed by atoms with E-state index in [2.05, 4.69) is 5.32 Å². The van der Waals surface area contributed by atoms with Crippen LogP contribution in [0.3, 0.4) is 0 Å². The summed E-state index contributed by atoms with van der Waals surface area (Å²) in [4.78, 5) is 11.1. The number of carbonyl (C=O) groups is 1. The number of hydrogen-bond acceptors (Lipinski definition) is 3. The molecule has 13 heavy (non-hydrogen) atoms. The van der Waals surface area contributed by atoms with Crippen LogP contribution in [-0.4, -0.2) is 31.7 Å². The van der Waals surface area contributed by atoms with Crippen molar-refractivity contribution in [3.8, 4) is 0 Å². The number of rotatable bonds is 3. The van der Waals surface area contributed by atoms with Gasteiger partial charge in [-0.05, 0) is 25.7 Å². The topological polar surface area (TPSA) is 64.4 Å². The van der Waals surface area contributed by atoms with Gasteiger partial charge in [-0.1, -0.05) is 0 Å². The number of carbonyl (C=O) groups excluding carboxylic acids is 1. The van der Waals surface area contributed by atoms with E-state index < -0.39 is 6.04 Å². The normalized spacial score (nSPS) is 25.2. The predicted octanol–water partition coefficient (Wildman–Crippen LogP) is -0.124. The molecule has 76 valence electrons. The van der Waals surface area contributed by atoms with Crippen LogP contribution in [0.25, 0.3) is 0 Å². The van der Waals surface area contributed by atoms with Crippen molar-refractivity contribution in [1.82, 2.24) is 5.32 Å². The van der Waals surface area contributed by atoms with Crippen LogP contribution >= 0.6 is 0 Å². The average Bonchev–Trinajstić information content (AvgIpc) is 2.15. The van der Waals surface area contributed by atoms with Crippen molar-refractivity contribution in [3.63, 3.8) is 0 Å². The molecule has 0 aromatic carbocycles. The van der Waals surface area contributed by atoms with E-state index in [1.165, 1.54) is 0 Å². The first-order valence-electron chi connectivity index (χ1n) is 4.81. The maximum absolute atomic E-state index is 11.1. The Hall–Kier alpha value is -0.610. The van der Waals surface area contributed by atoms with E-state index in [1.807, 2.05) is 0 Å². The van der Waals surface area contributed by atoms with Crippen LogP contribution in [0.4, 0.5) is 0 Å². The fourth-order valence-corrected chi connectivity index (χ4v) is 1.37. The van der Waals surface area contributed by atoms with Gasteiger partial charge in [0.25, 0.3) is 0 Å². The molecule has 0 radical (unpaired) electrons. The molecule has 0 aromatic heterocycles. The summed E-state index contributed by atoms with van der Waals surface area (Å²) in [6.45, 7) is 4.00. The van der Waals surface area contributed by atoms with Crippen molar-refractivity contribution < 1.29 is 9.53 Å². The van der Waals surface area contributed by atoms with Gasteiger partial charge in [0.1, 0.15) is 0 Å². The van der Waals surface area contributed by atoms with Crippen LogP contribution in [0.1, 0.15) is 19.8 Å². The fourth-order valence-electron chi connectivity index (χ4n) is 1.37. The molecular weight excluding hydrogens is 168 g/mol. The van der Waals surface area contributed by atoms with Crippen molar-refractivity contribution in [2.45, 2.75) is 25.8 Å². The highest BCUT2D eigenvalue weighted by Crippen LogP contribution is 2.11. The minimum atomic E-state index is -0.412. The lowest BCUT2D eigenvalue weighted by atomic mass is 10.0. The van der Waals surface area contributed by atoms with E-state index in [0.29, 0.717) is 12.5 Å². The zero-order valence-corrected chi connectivity index (χ0v) is 8.08. The monoisotopic (exact) mass is 186 g/mol. The summed E-state index contributed by atoms with van der Waals surface area (Å²) < 4.78 is 5.29. The van der Waals surface area contributed by atoms with Gasteiger partial charge in [0, 0.05) is 13.2 Å². The Morgan fingerprint density at radius 3 is 3.08 bits per heavy atom. The van der Waals surface area contributed by atoms with E-state index in [1.54, 1.807) is 6.92 Å². The third kappa shape index (κ3) is 3.74. The third-order valence-corrected chi connectivity index (χ3v) is 2.23. The van der Waals surface area contributed by atoms with E-state index in [4.69, 9.17) is 10.5 Å². The molecule has 1 rings (SSSR count). The molecule has 0 aromatic rings. The van der Waals surface area contributed by atoms with Gasteiger partial charge in [0.15, 0.2) is 0 Å². The highest BCUT2D eigenvalue weighted by molar-refractivity contribution is 5.80. The van der Waals surface area contributed by atoms with Crippen molar-refractivity contribution in [3.05, 3.63) is 0 Å². The molecule has 1 heterocycles. The third-order valence-electron chi connectivity index (χ3n) is 2.23. The summed E-state index contributed by atoms with van der Waals surface area (Å²) in [5, 5.41) is 2.81. The number of ether oxygens (including phenoxy) is 1. The Morgan fingerprint density at radius 1 is 1.77 bits per heavy atom. The molecule has 1 fully saturated rings. The SMILES string of the molecule is C[C@H](N)C(=O)NCC1CCCOC1. The molecule has 3 N–H and O–H groups in total. The molecule has 2 atom stereocenters. The van der Waals surface area contributed by atoms with Gasteiger partial charge in [-0.25, -0.2) is 0 Å². The second kappa shape index (κ2) is 5.19. The van der Waals surface area contributed by atoms with Crippen molar-refractivity contribution in [2.24, 2.45) is 11.7 Å². The zero-order chi connectivity index (χ0) is 9.68. The molecule has 4 heteroatoms. The average molecular weight is 186 g/mol. The van der Waals surface area contributed by atoms with Gasteiger partial charge in [-0.15, -0.1) is 0 Å². The summed E-state index contributed by atoms with van der Waals surface area (Å²) >= 11 is 0. The van der Waals surface area contributed by atoms with E-state index in [0.717, 1.165) is 26.1 Å². The lowest BCUT2D eigenvalue weighted by Gasteiger charge is -2.22. The summed E-state index contributed by atoms with van der Waals surface area (Å²) in [5.74, 6) is 0.391. The maximum Gasteiger partial charge on any atom is 0.236 e. The van der Waals surface area contributed by atoms with Gasteiger partial charge < -0.3 is 15.8 Å². The summed E-state index contributed by atoms with van der Waals surface area (Å²) in [7, 11) is 0. The largest absolute Gasteiger partial charge is 0.381 e.